The predicted octanol–water partition coefficient (Wildman–Crippen LogP) is 12.6. The Hall–Kier alpha value is -6.58. The molecule has 3 heterocycles. The molecule has 0 N–H and O–H groups in total. The monoisotopic (exact) mass is 624 g/mol. The fourth-order valence-corrected chi connectivity index (χ4v) is 8.09. The topological polar surface area (TPSA) is 23.0 Å². The summed E-state index contributed by atoms with van der Waals surface area (Å²) in [7, 11) is 0. The molecule has 0 saturated carbocycles. The van der Waals surface area contributed by atoms with Gasteiger partial charge in [-0.3, -0.25) is 0 Å². The van der Waals surface area contributed by atoms with Crippen LogP contribution < -0.4 is 0 Å². The molecule has 3 nitrogen and oxygen atoms in total. The Kier molecular flexibility index (Phi) is 5.38. The SMILES string of the molecule is c1ccc(-n2c3ccc(-c4ccc5c(c4)c4ccccc4n5-c4cccc5oc6ccccc6c45)cc3c3cc4ccccc4cc32)cc1. The van der Waals surface area contributed by atoms with Gasteiger partial charge in [0, 0.05) is 32.6 Å². The molecule has 11 aromatic rings. The average molecular weight is 625 g/mol. The standard InChI is InChI=1S/C46H28N2O/c1-2-13-33(14-3-1)47-40-23-21-32(27-37(40)38-25-29-11-4-5-12-30(29)28-43(38)47)31-22-24-41-36(26-31)34-15-6-8-17-39(34)48(41)42-18-10-20-45-46(42)35-16-7-9-19-44(35)49-45/h1-28H. The molecule has 3 heteroatoms. The molecule has 0 spiro atoms. The highest BCUT2D eigenvalue weighted by atomic mass is 16.3. The van der Waals surface area contributed by atoms with E-state index in [9.17, 15) is 0 Å². The highest BCUT2D eigenvalue weighted by Gasteiger charge is 2.19. The highest BCUT2D eigenvalue weighted by molar-refractivity contribution is 6.16. The molecular weight excluding hydrogens is 597 g/mol. The van der Waals surface area contributed by atoms with Gasteiger partial charge >= 0.3 is 0 Å². The molecule has 228 valence electrons. The Morgan fingerprint density at radius 1 is 0.347 bits per heavy atom. The summed E-state index contributed by atoms with van der Waals surface area (Å²) in [6.45, 7) is 0. The zero-order chi connectivity index (χ0) is 32.1. The van der Waals surface area contributed by atoms with E-state index in [1.807, 2.05) is 12.1 Å². The maximum atomic E-state index is 6.30. The Morgan fingerprint density at radius 2 is 0.939 bits per heavy atom. The maximum absolute atomic E-state index is 6.30. The molecule has 49 heavy (non-hydrogen) atoms. The van der Waals surface area contributed by atoms with Crippen LogP contribution in [0.5, 0.6) is 0 Å². The Labute approximate surface area is 281 Å². The second-order valence-corrected chi connectivity index (χ2v) is 13.0. The minimum atomic E-state index is 0.900. The fourth-order valence-electron chi connectivity index (χ4n) is 8.09. The summed E-state index contributed by atoms with van der Waals surface area (Å²) in [5.41, 5.74) is 11.3. The van der Waals surface area contributed by atoms with E-state index < -0.39 is 0 Å². The first-order valence-corrected chi connectivity index (χ1v) is 16.8. The molecule has 0 fully saturated rings. The van der Waals surface area contributed by atoms with Crippen LogP contribution in [0.25, 0.3) is 98.8 Å². The summed E-state index contributed by atoms with van der Waals surface area (Å²) >= 11 is 0. The normalized spacial score (nSPS) is 12.1. The van der Waals surface area contributed by atoms with Crippen molar-refractivity contribution >= 4 is 76.3 Å². The summed E-state index contributed by atoms with van der Waals surface area (Å²) in [4.78, 5) is 0. The first-order valence-electron chi connectivity index (χ1n) is 16.8. The number of para-hydroxylation sites is 3. The molecule has 0 radical (unpaired) electrons. The Balaban J connectivity index is 1.16. The lowest BCUT2D eigenvalue weighted by molar-refractivity contribution is 0.669. The van der Waals surface area contributed by atoms with Gasteiger partial charge in [0.25, 0.3) is 0 Å². The number of hydrogen-bond acceptors (Lipinski definition) is 1. The fraction of sp³-hybridized carbons (Fsp3) is 0. The number of rotatable bonds is 3. The Bertz CT molecular complexity index is 3100. The van der Waals surface area contributed by atoms with Gasteiger partial charge in [0.15, 0.2) is 0 Å². The molecule has 0 aliphatic rings. The van der Waals surface area contributed by atoms with Gasteiger partial charge in [-0.15, -0.1) is 0 Å². The number of aromatic nitrogens is 2. The van der Waals surface area contributed by atoms with Crippen molar-refractivity contribution in [3.63, 3.8) is 0 Å². The third kappa shape index (κ3) is 3.78. The molecular formula is C46H28N2O. The van der Waals surface area contributed by atoms with Crippen molar-refractivity contribution in [2.45, 2.75) is 0 Å². The predicted molar refractivity (Wildman–Crippen MR) is 205 cm³/mol. The van der Waals surface area contributed by atoms with Crippen LogP contribution in [0.3, 0.4) is 0 Å². The van der Waals surface area contributed by atoms with Gasteiger partial charge in [0.1, 0.15) is 11.2 Å². The van der Waals surface area contributed by atoms with Gasteiger partial charge in [-0.1, -0.05) is 97.1 Å². The van der Waals surface area contributed by atoms with E-state index in [2.05, 4.69) is 167 Å². The van der Waals surface area contributed by atoms with Crippen molar-refractivity contribution in [2.75, 3.05) is 0 Å². The minimum absolute atomic E-state index is 0.900. The summed E-state index contributed by atoms with van der Waals surface area (Å²) in [6.07, 6.45) is 0. The molecule has 11 rings (SSSR count). The molecule has 3 aromatic heterocycles. The summed E-state index contributed by atoms with van der Waals surface area (Å²) in [5.74, 6) is 0. The van der Waals surface area contributed by atoms with Crippen molar-refractivity contribution in [2.24, 2.45) is 0 Å². The van der Waals surface area contributed by atoms with Crippen LogP contribution in [-0.2, 0) is 0 Å². The summed E-state index contributed by atoms with van der Waals surface area (Å²) in [6, 6.07) is 61.4. The molecule has 0 aliphatic carbocycles. The zero-order valence-corrected chi connectivity index (χ0v) is 26.5. The zero-order valence-electron chi connectivity index (χ0n) is 26.5. The van der Waals surface area contributed by atoms with Gasteiger partial charge in [-0.25, -0.2) is 0 Å². The van der Waals surface area contributed by atoms with E-state index >= 15 is 0 Å². The first-order chi connectivity index (χ1) is 24.3. The number of fused-ring (bicyclic) bond motifs is 10. The number of hydrogen-bond donors (Lipinski definition) is 0. The highest BCUT2D eigenvalue weighted by Crippen LogP contribution is 2.41. The minimum Gasteiger partial charge on any atom is -0.456 e. The van der Waals surface area contributed by atoms with E-state index in [1.54, 1.807) is 0 Å². The number of nitrogens with zero attached hydrogens (tertiary/aromatic N) is 2. The van der Waals surface area contributed by atoms with Crippen molar-refractivity contribution in [1.29, 1.82) is 0 Å². The van der Waals surface area contributed by atoms with Gasteiger partial charge in [-0.05, 0) is 94.7 Å². The van der Waals surface area contributed by atoms with Crippen LogP contribution in [-0.4, -0.2) is 9.13 Å². The Morgan fingerprint density at radius 3 is 1.76 bits per heavy atom. The average Bonchev–Trinajstić information content (AvgIpc) is 3.81. The van der Waals surface area contributed by atoms with E-state index in [4.69, 9.17) is 4.42 Å². The molecule has 0 bridgehead atoms. The second kappa shape index (κ2) is 9.96. The summed E-state index contributed by atoms with van der Waals surface area (Å²) < 4.78 is 11.1. The molecule has 0 aliphatic heterocycles. The van der Waals surface area contributed by atoms with Gasteiger partial charge in [0.05, 0.1) is 33.1 Å². The molecule has 0 atom stereocenters. The third-order valence-electron chi connectivity index (χ3n) is 10.3. The quantitative estimate of drug-likeness (QED) is 0.192. The molecule has 8 aromatic carbocycles. The van der Waals surface area contributed by atoms with E-state index in [0.717, 1.165) is 27.6 Å². The van der Waals surface area contributed by atoms with E-state index in [1.165, 1.54) is 71.2 Å². The van der Waals surface area contributed by atoms with E-state index in [0.29, 0.717) is 0 Å². The van der Waals surface area contributed by atoms with E-state index in [-0.39, 0.29) is 0 Å². The van der Waals surface area contributed by atoms with Gasteiger partial charge in [0.2, 0.25) is 0 Å². The van der Waals surface area contributed by atoms with Gasteiger partial charge in [-0.2, -0.15) is 0 Å². The molecule has 0 unspecified atom stereocenters. The lowest BCUT2D eigenvalue weighted by atomic mass is 10.00. The molecule has 0 saturated heterocycles. The van der Waals surface area contributed by atoms with Crippen LogP contribution in [0.4, 0.5) is 0 Å². The number of furan rings is 1. The largest absolute Gasteiger partial charge is 0.456 e. The van der Waals surface area contributed by atoms with Crippen LogP contribution in [0.2, 0.25) is 0 Å². The molecule has 0 amide bonds. The number of benzene rings is 8. The lowest BCUT2D eigenvalue weighted by Gasteiger charge is -2.10. The maximum Gasteiger partial charge on any atom is 0.137 e. The van der Waals surface area contributed by atoms with Crippen LogP contribution in [0.15, 0.2) is 174 Å². The van der Waals surface area contributed by atoms with Crippen molar-refractivity contribution in [3.8, 4) is 22.5 Å². The van der Waals surface area contributed by atoms with Crippen molar-refractivity contribution < 1.29 is 4.42 Å². The van der Waals surface area contributed by atoms with Crippen molar-refractivity contribution in [1.82, 2.24) is 9.13 Å². The second-order valence-electron chi connectivity index (χ2n) is 13.0. The van der Waals surface area contributed by atoms with Gasteiger partial charge < -0.3 is 13.6 Å². The van der Waals surface area contributed by atoms with Crippen molar-refractivity contribution in [3.05, 3.63) is 170 Å². The first kappa shape index (κ1) is 26.5. The van der Waals surface area contributed by atoms with Crippen LogP contribution >= 0.6 is 0 Å². The van der Waals surface area contributed by atoms with Crippen LogP contribution in [0, 0.1) is 0 Å². The smallest absolute Gasteiger partial charge is 0.137 e. The van der Waals surface area contributed by atoms with Crippen LogP contribution in [0.1, 0.15) is 0 Å². The third-order valence-corrected chi connectivity index (χ3v) is 10.3. The summed E-state index contributed by atoms with van der Waals surface area (Å²) in [5, 5.41) is 9.75. The lowest BCUT2D eigenvalue weighted by Crippen LogP contribution is -1.94.